The van der Waals surface area contributed by atoms with Crippen molar-refractivity contribution in [2.24, 2.45) is 11.5 Å². The molecule has 3 aromatic carbocycles. The Morgan fingerprint density at radius 3 is 2.23 bits per heavy atom. The molecule has 11 heteroatoms. The molecule has 1 fully saturated rings. The highest BCUT2D eigenvalue weighted by atomic mass is 19.1. The van der Waals surface area contributed by atoms with Crippen LogP contribution < -0.4 is 22.1 Å². The van der Waals surface area contributed by atoms with E-state index in [-0.39, 0.29) is 36.7 Å². The molecule has 4 rings (SSSR count). The SMILES string of the molecule is C=C(Cc1c(F)cccc1NC(=O)C(N)CC(c1ccc(F)cc1)c1ccc(F)cc1)C1CNC(C=COC(N)=O)CO1. The number of nitrogens with one attached hydrogen (secondary N) is 2. The highest BCUT2D eigenvalue weighted by molar-refractivity contribution is 5.95. The highest BCUT2D eigenvalue weighted by Crippen LogP contribution is 2.30. The Morgan fingerprint density at radius 1 is 1.05 bits per heavy atom. The minimum atomic E-state index is -1.03. The van der Waals surface area contributed by atoms with Crippen molar-refractivity contribution >= 4 is 17.7 Å². The summed E-state index contributed by atoms with van der Waals surface area (Å²) >= 11 is 0. The molecule has 0 bridgehead atoms. The molecule has 0 aliphatic carbocycles. The maximum absolute atomic E-state index is 15.0. The number of hydrogen-bond acceptors (Lipinski definition) is 6. The van der Waals surface area contributed by atoms with Crippen LogP contribution in [0.4, 0.5) is 23.7 Å². The van der Waals surface area contributed by atoms with E-state index in [4.69, 9.17) is 16.2 Å². The average Bonchev–Trinajstić information content (AvgIpc) is 2.98. The van der Waals surface area contributed by atoms with Crippen LogP contribution in [0.15, 0.2) is 91.2 Å². The van der Waals surface area contributed by atoms with E-state index < -0.39 is 47.5 Å². The average molecular weight is 595 g/mol. The van der Waals surface area contributed by atoms with Crippen LogP contribution in [0.2, 0.25) is 0 Å². The van der Waals surface area contributed by atoms with E-state index in [0.29, 0.717) is 23.2 Å². The molecule has 43 heavy (non-hydrogen) atoms. The number of carbonyl (C=O) groups excluding carboxylic acids is 2. The molecule has 1 aliphatic rings. The van der Waals surface area contributed by atoms with Crippen LogP contribution in [0.3, 0.4) is 0 Å². The third-order valence-electron chi connectivity index (χ3n) is 7.14. The second-order valence-corrected chi connectivity index (χ2v) is 10.2. The van der Waals surface area contributed by atoms with Gasteiger partial charge in [-0.15, -0.1) is 0 Å². The molecule has 0 spiro atoms. The topological polar surface area (TPSA) is 129 Å². The van der Waals surface area contributed by atoms with Crippen LogP contribution in [0, 0.1) is 17.5 Å². The van der Waals surface area contributed by atoms with Gasteiger partial charge in [0.2, 0.25) is 5.91 Å². The van der Waals surface area contributed by atoms with Crippen molar-refractivity contribution in [2.75, 3.05) is 18.5 Å². The molecule has 1 aliphatic heterocycles. The lowest BCUT2D eigenvalue weighted by Crippen LogP contribution is -2.46. The normalized spacial score (nSPS) is 17.5. The van der Waals surface area contributed by atoms with Gasteiger partial charge in [-0.3, -0.25) is 4.79 Å². The summed E-state index contributed by atoms with van der Waals surface area (Å²) in [4.78, 5) is 24.0. The second kappa shape index (κ2) is 14.6. The molecule has 0 aromatic heterocycles. The van der Waals surface area contributed by atoms with Crippen molar-refractivity contribution in [3.63, 3.8) is 0 Å². The Morgan fingerprint density at radius 2 is 1.67 bits per heavy atom. The standard InChI is InChI=1S/C32H33F3N4O4/c1-19(30-17-38-24(18-43-30)13-14-42-32(37)41)15-26-27(35)3-2-4-29(26)39-31(40)28(36)16-25(20-5-9-22(33)10-6-20)21-7-11-23(34)12-8-21/h2-14,24-25,28,30,38H,1,15-18,36H2,(H2,37,41)(H,39,40). The minimum Gasteiger partial charge on any atom is -0.419 e. The van der Waals surface area contributed by atoms with Gasteiger partial charge < -0.3 is 31.6 Å². The molecular formula is C32H33F3N4O4. The van der Waals surface area contributed by atoms with Gasteiger partial charge in [-0.2, -0.15) is 0 Å². The summed E-state index contributed by atoms with van der Waals surface area (Å²) in [6.07, 6.45) is 1.63. The molecule has 8 nitrogen and oxygen atoms in total. The summed E-state index contributed by atoms with van der Waals surface area (Å²) in [7, 11) is 0. The monoisotopic (exact) mass is 594 g/mol. The van der Waals surface area contributed by atoms with Crippen LogP contribution in [0.1, 0.15) is 29.0 Å². The summed E-state index contributed by atoms with van der Waals surface area (Å²) in [5.41, 5.74) is 13.7. The van der Waals surface area contributed by atoms with Gasteiger partial charge in [0.15, 0.2) is 0 Å². The fraction of sp³-hybridized carbons (Fsp3) is 0.250. The molecule has 226 valence electrons. The lowest BCUT2D eigenvalue weighted by atomic mass is 9.86. The predicted molar refractivity (Wildman–Crippen MR) is 156 cm³/mol. The number of primary amides is 1. The Kier molecular flexibility index (Phi) is 10.7. The van der Waals surface area contributed by atoms with Crippen molar-refractivity contribution < 1.29 is 32.2 Å². The molecule has 0 radical (unpaired) electrons. The van der Waals surface area contributed by atoms with E-state index in [0.717, 1.165) is 0 Å². The van der Waals surface area contributed by atoms with Crippen molar-refractivity contribution in [2.45, 2.75) is 36.9 Å². The van der Waals surface area contributed by atoms with Gasteiger partial charge in [-0.25, -0.2) is 18.0 Å². The molecule has 6 N–H and O–H groups in total. The molecule has 3 aromatic rings. The number of amides is 2. The van der Waals surface area contributed by atoms with E-state index >= 15 is 4.39 Å². The van der Waals surface area contributed by atoms with Gasteiger partial charge in [-0.05, 0) is 65.6 Å². The van der Waals surface area contributed by atoms with Crippen LogP contribution >= 0.6 is 0 Å². The summed E-state index contributed by atoms with van der Waals surface area (Å²) in [5, 5.41) is 5.95. The highest BCUT2D eigenvalue weighted by Gasteiger charge is 2.26. The van der Waals surface area contributed by atoms with Crippen LogP contribution in [-0.4, -0.2) is 43.3 Å². The number of rotatable bonds is 11. The van der Waals surface area contributed by atoms with Gasteiger partial charge in [0.1, 0.15) is 17.5 Å². The summed E-state index contributed by atoms with van der Waals surface area (Å²) in [6.45, 7) is 4.70. The van der Waals surface area contributed by atoms with Crippen molar-refractivity contribution in [1.82, 2.24) is 5.32 Å². The fourth-order valence-electron chi connectivity index (χ4n) is 4.82. The number of ether oxygens (including phenoxy) is 2. The number of morpholine rings is 1. The number of halogens is 3. The maximum Gasteiger partial charge on any atom is 0.409 e. The summed E-state index contributed by atoms with van der Waals surface area (Å²) < 4.78 is 52.6. The molecule has 1 saturated heterocycles. The third-order valence-corrected chi connectivity index (χ3v) is 7.14. The van der Waals surface area contributed by atoms with E-state index in [1.807, 2.05) is 0 Å². The van der Waals surface area contributed by atoms with Crippen LogP contribution in [0.5, 0.6) is 0 Å². The zero-order valence-electron chi connectivity index (χ0n) is 23.3. The second-order valence-electron chi connectivity index (χ2n) is 10.2. The third kappa shape index (κ3) is 8.77. The van der Waals surface area contributed by atoms with Crippen molar-refractivity contribution in [3.8, 4) is 0 Å². The van der Waals surface area contributed by atoms with Gasteiger partial charge in [0.05, 0.1) is 31.1 Å². The summed E-state index contributed by atoms with van der Waals surface area (Å²) in [6, 6.07) is 14.7. The maximum atomic E-state index is 15.0. The lowest BCUT2D eigenvalue weighted by molar-refractivity contribution is -0.117. The molecule has 3 atom stereocenters. The Bertz CT molecular complexity index is 1410. The van der Waals surface area contributed by atoms with E-state index in [1.165, 1.54) is 42.7 Å². The summed E-state index contributed by atoms with van der Waals surface area (Å²) in [5.74, 6) is -2.33. The number of hydrogen-bond donors (Lipinski definition) is 4. The van der Waals surface area contributed by atoms with E-state index in [1.54, 1.807) is 36.4 Å². The Balaban J connectivity index is 1.42. The fourth-order valence-corrected chi connectivity index (χ4v) is 4.82. The van der Waals surface area contributed by atoms with E-state index in [2.05, 4.69) is 21.9 Å². The molecule has 0 saturated carbocycles. The zero-order valence-corrected chi connectivity index (χ0v) is 23.3. The van der Waals surface area contributed by atoms with Gasteiger partial charge in [0.25, 0.3) is 0 Å². The van der Waals surface area contributed by atoms with Gasteiger partial charge >= 0.3 is 6.09 Å². The number of benzene rings is 3. The minimum absolute atomic E-state index is 0.0863. The molecule has 3 unspecified atom stereocenters. The molecule has 2 amide bonds. The van der Waals surface area contributed by atoms with Crippen molar-refractivity contribution in [1.29, 1.82) is 0 Å². The molecular weight excluding hydrogens is 561 g/mol. The quantitative estimate of drug-likeness (QED) is 0.189. The Hall–Kier alpha value is -4.45. The zero-order chi connectivity index (χ0) is 30.9. The molecule has 1 heterocycles. The van der Waals surface area contributed by atoms with E-state index in [9.17, 15) is 18.4 Å². The first-order valence-electron chi connectivity index (χ1n) is 13.6. The number of nitrogens with two attached hydrogens (primary N) is 2. The van der Waals surface area contributed by atoms with Crippen LogP contribution in [0.25, 0.3) is 0 Å². The smallest absolute Gasteiger partial charge is 0.409 e. The van der Waals surface area contributed by atoms with Gasteiger partial charge in [-0.1, -0.05) is 36.9 Å². The van der Waals surface area contributed by atoms with Crippen LogP contribution in [-0.2, 0) is 20.7 Å². The predicted octanol–water partition coefficient (Wildman–Crippen LogP) is 4.66. The lowest BCUT2D eigenvalue weighted by Gasteiger charge is -2.30. The Labute approximate surface area is 247 Å². The largest absolute Gasteiger partial charge is 0.419 e. The van der Waals surface area contributed by atoms with Gasteiger partial charge in [0, 0.05) is 30.1 Å². The first kappa shape index (κ1) is 31.5. The first-order valence-corrected chi connectivity index (χ1v) is 13.6. The number of carbonyl (C=O) groups is 2. The van der Waals surface area contributed by atoms with Crippen molar-refractivity contribution in [3.05, 3.63) is 125 Å². The number of anilines is 1. The first-order chi connectivity index (χ1) is 20.6.